The normalized spacial score (nSPS) is 10.3. The summed E-state index contributed by atoms with van der Waals surface area (Å²) in [5.74, 6) is -0.0574. The zero-order valence-electron chi connectivity index (χ0n) is 10.8. The molecule has 5 heteroatoms. The second kappa shape index (κ2) is 6.08. The molecule has 0 unspecified atom stereocenters. The Labute approximate surface area is 121 Å². The monoisotopic (exact) mass is 294 g/mol. The molecular formula is C14H15ClN2OS. The maximum absolute atomic E-state index is 11.1. The molecule has 0 radical (unpaired) electrons. The van der Waals surface area contributed by atoms with Gasteiger partial charge in [-0.05, 0) is 36.1 Å². The van der Waals surface area contributed by atoms with E-state index in [1.54, 1.807) is 11.3 Å². The van der Waals surface area contributed by atoms with Crippen molar-refractivity contribution in [1.82, 2.24) is 0 Å². The van der Waals surface area contributed by atoms with Gasteiger partial charge in [0.1, 0.15) is 0 Å². The van der Waals surface area contributed by atoms with E-state index < -0.39 is 0 Å². The van der Waals surface area contributed by atoms with Crippen molar-refractivity contribution in [1.29, 1.82) is 0 Å². The van der Waals surface area contributed by atoms with Crippen LogP contribution < -0.4 is 10.6 Å². The molecule has 0 bridgehead atoms. The van der Waals surface area contributed by atoms with Gasteiger partial charge >= 0.3 is 0 Å². The second-order valence-corrected chi connectivity index (χ2v) is 5.66. The molecule has 0 aliphatic heterocycles. The first-order valence-electron chi connectivity index (χ1n) is 5.90. The van der Waals surface area contributed by atoms with Crippen molar-refractivity contribution in [2.45, 2.75) is 20.4 Å². The number of carbonyl (C=O) groups is 1. The van der Waals surface area contributed by atoms with Crippen molar-refractivity contribution in [3.05, 3.63) is 45.1 Å². The number of benzene rings is 1. The molecule has 0 aliphatic rings. The van der Waals surface area contributed by atoms with Crippen molar-refractivity contribution in [3.8, 4) is 0 Å². The summed E-state index contributed by atoms with van der Waals surface area (Å²) in [5.41, 5.74) is 2.89. The summed E-state index contributed by atoms with van der Waals surface area (Å²) >= 11 is 7.69. The Bertz CT molecular complexity index is 595. The minimum atomic E-state index is -0.0574. The minimum Gasteiger partial charge on any atom is -0.380 e. The van der Waals surface area contributed by atoms with Gasteiger partial charge in [-0.15, -0.1) is 11.3 Å². The highest BCUT2D eigenvalue weighted by atomic mass is 35.5. The van der Waals surface area contributed by atoms with E-state index in [0.29, 0.717) is 6.54 Å². The van der Waals surface area contributed by atoms with E-state index >= 15 is 0 Å². The molecule has 0 fully saturated rings. The van der Waals surface area contributed by atoms with Crippen LogP contribution in [0.15, 0.2) is 29.6 Å². The lowest BCUT2D eigenvalue weighted by atomic mass is 10.2. The zero-order valence-corrected chi connectivity index (χ0v) is 12.4. The minimum absolute atomic E-state index is 0.0574. The third-order valence-electron chi connectivity index (χ3n) is 2.68. The summed E-state index contributed by atoms with van der Waals surface area (Å²) in [7, 11) is 0. The van der Waals surface area contributed by atoms with Crippen LogP contribution in [0.3, 0.4) is 0 Å². The first-order chi connectivity index (χ1) is 9.06. The number of hydrogen-bond acceptors (Lipinski definition) is 3. The van der Waals surface area contributed by atoms with Crippen LogP contribution >= 0.6 is 22.9 Å². The standard InChI is InChI=1S/C14H15ClN2OS/c1-9-3-4-11(7-12(9)15)16-8-14-13(5-6-19-14)17-10(2)18/h3-7,16H,8H2,1-2H3,(H,17,18). The number of carbonyl (C=O) groups excluding carboxylic acids is 1. The zero-order chi connectivity index (χ0) is 13.8. The van der Waals surface area contributed by atoms with Gasteiger partial charge in [-0.2, -0.15) is 0 Å². The van der Waals surface area contributed by atoms with E-state index in [0.717, 1.165) is 26.8 Å². The smallest absolute Gasteiger partial charge is 0.221 e. The molecule has 1 heterocycles. The Morgan fingerprint density at radius 1 is 1.37 bits per heavy atom. The van der Waals surface area contributed by atoms with Gasteiger partial charge in [-0.25, -0.2) is 0 Å². The highest BCUT2D eigenvalue weighted by Crippen LogP contribution is 2.25. The van der Waals surface area contributed by atoms with Crippen LogP contribution in [-0.4, -0.2) is 5.91 Å². The first kappa shape index (κ1) is 13.9. The molecular weight excluding hydrogens is 280 g/mol. The fourth-order valence-corrected chi connectivity index (χ4v) is 2.61. The predicted octanol–water partition coefficient (Wildman–Crippen LogP) is 4.28. The molecule has 0 saturated carbocycles. The SMILES string of the molecule is CC(=O)Nc1ccsc1CNc1ccc(C)c(Cl)c1. The molecule has 0 aliphatic carbocycles. The largest absolute Gasteiger partial charge is 0.380 e. The van der Waals surface area contributed by atoms with Gasteiger partial charge in [0.25, 0.3) is 0 Å². The molecule has 0 atom stereocenters. The Hall–Kier alpha value is -1.52. The number of amides is 1. The highest BCUT2D eigenvalue weighted by Gasteiger charge is 2.06. The third-order valence-corrected chi connectivity index (χ3v) is 4.01. The fourth-order valence-electron chi connectivity index (χ4n) is 1.66. The van der Waals surface area contributed by atoms with E-state index in [1.165, 1.54) is 6.92 Å². The average molecular weight is 295 g/mol. The van der Waals surface area contributed by atoms with Crippen LogP contribution in [0.25, 0.3) is 0 Å². The fraction of sp³-hybridized carbons (Fsp3) is 0.214. The lowest BCUT2D eigenvalue weighted by molar-refractivity contribution is -0.114. The average Bonchev–Trinajstić information content (AvgIpc) is 2.77. The summed E-state index contributed by atoms with van der Waals surface area (Å²) in [4.78, 5) is 12.2. The molecule has 100 valence electrons. The molecule has 0 spiro atoms. The summed E-state index contributed by atoms with van der Waals surface area (Å²) in [6.45, 7) is 4.14. The Morgan fingerprint density at radius 3 is 2.84 bits per heavy atom. The van der Waals surface area contributed by atoms with Crippen LogP contribution in [-0.2, 0) is 11.3 Å². The lowest BCUT2D eigenvalue weighted by Crippen LogP contribution is -2.08. The number of thiophene rings is 1. The predicted molar refractivity (Wildman–Crippen MR) is 82.1 cm³/mol. The quantitative estimate of drug-likeness (QED) is 0.883. The van der Waals surface area contributed by atoms with Crippen molar-refractivity contribution in [2.75, 3.05) is 10.6 Å². The van der Waals surface area contributed by atoms with E-state index in [9.17, 15) is 4.79 Å². The molecule has 0 saturated heterocycles. The summed E-state index contributed by atoms with van der Waals surface area (Å²) in [6.07, 6.45) is 0. The van der Waals surface area contributed by atoms with Crippen LogP contribution in [0, 0.1) is 6.92 Å². The molecule has 3 nitrogen and oxygen atoms in total. The molecule has 1 aromatic heterocycles. The maximum Gasteiger partial charge on any atom is 0.221 e. The maximum atomic E-state index is 11.1. The van der Waals surface area contributed by atoms with Crippen molar-refractivity contribution >= 4 is 40.2 Å². The summed E-state index contributed by atoms with van der Waals surface area (Å²) in [5, 5.41) is 8.83. The first-order valence-corrected chi connectivity index (χ1v) is 7.16. The van der Waals surface area contributed by atoms with Crippen molar-refractivity contribution in [3.63, 3.8) is 0 Å². The van der Waals surface area contributed by atoms with Crippen LogP contribution in [0.5, 0.6) is 0 Å². The van der Waals surface area contributed by atoms with Crippen LogP contribution in [0.2, 0.25) is 5.02 Å². The van der Waals surface area contributed by atoms with Crippen LogP contribution in [0.4, 0.5) is 11.4 Å². The molecule has 2 aromatic rings. The van der Waals surface area contributed by atoms with Gasteiger partial charge in [0.15, 0.2) is 0 Å². The Kier molecular flexibility index (Phi) is 4.45. The number of nitrogens with one attached hydrogen (secondary N) is 2. The number of rotatable bonds is 4. The number of aryl methyl sites for hydroxylation is 1. The van der Waals surface area contributed by atoms with E-state index in [1.807, 2.05) is 36.6 Å². The van der Waals surface area contributed by atoms with E-state index in [4.69, 9.17) is 11.6 Å². The summed E-state index contributed by atoms with van der Waals surface area (Å²) in [6, 6.07) is 7.79. The van der Waals surface area contributed by atoms with Crippen LogP contribution in [0.1, 0.15) is 17.4 Å². The molecule has 2 rings (SSSR count). The highest BCUT2D eigenvalue weighted by molar-refractivity contribution is 7.10. The van der Waals surface area contributed by atoms with Gasteiger partial charge in [0, 0.05) is 22.5 Å². The van der Waals surface area contributed by atoms with Gasteiger partial charge in [-0.1, -0.05) is 17.7 Å². The Morgan fingerprint density at radius 2 is 2.16 bits per heavy atom. The van der Waals surface area contributed by atoms with E-state index in [2.05, 4.69) is 10.6 Å². The number of anilines is 2. The van der Waals surface area contributed by atoms with Crippen molar-refractivity contribution in [2.24, 2.45) is 0 Å². The Balaban J connectivity index is 2.04. The summed E-state index contributed by atoms with van der Waals surface area (Å²) < 4.78 is 0. The lowest BCUT2D eigenvalue weighted by Gasteiger charge is -2.09. The van der Waals surface area contributed by atoms with Gasteiger partial charge < -0.3 is 10.6 Å². The molecule has 1 amide bonds. The van der Waals surface area contributed by atoms with Gasteiger partial charge in [0.05, 0.1) is 12.2 Å². The van der Waals surface area contributed by atoms with E-state index in [-0.39, 0.29) is 5.91 Å². The van der Waals surface area contributed by atoms with Gasteiger partial charge in [-0.3, -0.25) is 4.79 Å². The topological polar surface area (TPSA) is 41.1 Å². The number of hydrogen-bond donors (Lipinski definition) is 2. The molecule has 1 aromatic carbocycles. The number of halogens is 1. The molecule has 2 N–H and O–H groups in total. The van der Waals surface area contributed by atoms with Crippen molar-refractivity contribution < 1.29 is 4.79 Å². The molecule has 19 heavy (non-hydrogen) atoms. The third kappa shape index (κ3) is 3.72. The second-order valence-electron chi connectivity index (χ2n) is 4.26. The van der Waals surface area contributed by atoms with Gasteiger partial charge in [0.2, 0.25) is 5.91 Å².